The smallest absolute Gasteiger partial charge is 0.287 e. The number of amides is 1. The number of hydrogen-bond acceptors (Lipinski definition) is 8. The maximum Gasteiger partial charge on any atom is 0.287 e. The van der Waals surface area contributed by atoms with E-state index in [-0.39, 0.29) is 12.4 Å². The van der Waals surface area contributed by atoms with Crippen LogP contribution in [0.5, 0.6) is 0 Å². The molecule has 2 aromatic rings. The van der Waals surface area contributed by atoms with E-state index in [1.165, 1.54) is 12.4 Å². The van der Waals surface area contributed by atoms with E-state index in [0.717, 1.165) is 10.1 Å². The Morgan fingerprint density at radius 3 is 2.85 bits per heavy atom. The second-order valence-corrected chi connectivity index (χ2v) is 6.54. The predicted octanol–water partition coefficient (Wildman–Crippen LogP) is -1.53. The van der Waals surface area contributed by atoms with E-state index in [4.69, 9.17) is 22.1 Å². The Kier molecular flexibility index (Phi) is 5.49. The van der Waals surface area contributed by atoms with E-state index in [0.29, 0.717) is 5.02 Å². The van der Waals surface area contributed by atoms with Gasteiger partial charge >= 0.3 is 0 Å². The number of nitrogens with two attached hydrogens (primary N) is 1. The summed E-state index contributed by atoms with van der Waals surface area (Å²) in [6, 6.07) is 6.87. The van der Waals surface area contributed by atoms with Crippen molar-refractivity contribution >= 4 is 17.5 Å². The molecule has 146 valence electrons. The number of ether oxygens (including phenoxy) is 1. The SMILES string of the molecule is NC(O)[C@H]1O[C@@](O)(n2ccnc2C(=O)NCc2cccc(Cl)c2)[C@H](O)[C@@H]1O. The number of nitrogens with one attached hydrogen (secondary N) is 1. The zero-order valence-corrected chi connectivity index (χ0v) is 14.7. The minimum atomic E-state index is -2.54. The number of nitrogens with zero attached hydrogens (tertiary/aromatic N) is 2. The number of halogens is 1. The summed E-state index contributed by atoms with van der Waals surface area (Å²) >= 11 is 5.90. The maximum atomic E-state index is 12.5. The molecule has 1 aromatic heterocycles. The molecule has 0 saturated carbocycles. The molecule has 1 unspecified atom stereocenters. The van der Waals surface area contributed by atoms with Crippen molar-refractivity contribution in [2.24, 2.45) is 5.73 Å². The van der Waals surface area contributed by atoms with E-state index in [2.05, 4.69) is 10.3 Å². The molecule has 2 heterocycles. The highest BCUT2D eigenvalue weighted by atomic mass is 35.5. The average Bonchev–Trinajstić information content (AvgIpc) is 3.20. The summed E-state index contributed by atoms with van der Waals surface area (Å²) in [5.74, 6) is -3.49. The number of rotatable bonds is 5. The predicted molar refractivity (Wildman–Crippen MR) is 92.1 cm³/mol. The van der Waals surface area contributed by atoms with Gasteiger partial charge in [0.25, 0.3) is 11.8 Å². The number of aliphatic hydroxyl groups is 4. The van der Waals surface area contributed by atoms with Crippen molar-refractivity contribution in [2.45, 2.75) is 37.0 Å². The molecule has 0 bridgehead atoms. The van der Waals surface area contributed by atoms with E-state index in [1.54, 1.807) is 24.3 Å². The van der Waals surface area contributed by atoms with Crippen LogP contribution in [0.15, 0.2) is 36.7 Å². The van der Waals surface area contributed by atoms with Crippen LogP contribution in [0.1, 0.15) is 16.2 Å². The Bertz CT molecular complexity index is 831. The molecule has 1 aliphatic heterocycles. The van der Waals surface area contributed by atoms with Gasteiger partial charge in [0, 0.05) is 24.0 Å². The summed E-state index contributed by atoms with van der Waals surface area (Å²) < 4.78 is 6.01. The lowest BCUT2D eigenvalue weighted by atomic mass is 10.1. The normalized spacial score (nSPS) is 28.9. The summed E-state index contributed by atoms with van der Waals surface area (Å²) in [6.07, 6.45) is -4.28. The first-order valence-electron chi connectivity index (χ1n) is 8.00. The lowest BCUT2D eigenvalue weighted by molar-refractivity contribution is -0.293. The second-order valence-electron chi connectivity index (χ2n) is 6.10. The quantitative estimate of drug-likeness (QED) is 0.330. The highest BCUT2D eigenvalue weighted by Crippen LogP contribution is 2.34. The van der Waals surface area contributed by atoms with E-state index in [9.17, 15) is 25.2 Å². The van der Waals surface area contributed by atoms with Crippen LogP contribution in [0.25, 0.3) is 0 Å². The highest BCUT2D eigenvalue weighted by molar-refractivity contribution is 6.30. The van der Waals surface area contributed by atoms with Gasteiger partial charge in [0.2, 0.25) is 5.82 Å². The summed E-state index contributed by atoms with van der Waals surface area (Å²) in [5, 5.41) is 43.4. The third-order valence-corrected chi connectivity index (χ3v) is 4.46. The number of imidazole rings is 1. The number of aliphatic hydroxyl groups excluding tert-OH is 3. The van der Waals surface area contributed by atoms with E-state index >= 15 is 0 Å². The van der Waals surface area contributed by atoms with Gasteiger partial charge in [-0.25, -0.2) is 4.98 Å². The third kappa shape index (κ3) is 3.69. The van der Waals surface area contributed by atoms with Crippen LogP contribution in [0.2, 0.25) is 5.02 Å². The molecular formula is C16H19ClN4O6. The third-order valence-electron chi connectivity index (χ3n) is 4.22. The van der Waals surface area contributed by atoms with E-state index in [1.807, 2.05) is 0 Å². The molecule has 1 aliphatic rings. The van der Waals surface area contributed by atoms with Crippen LogP contribution in [0.3, 0.4) is 0 Å². The fourth-order valence-corrected chi connectivity index (χ4v) is 3.06. The van der Waals surface area contributed by atoms with Gasteiger partial charge in [-0.1, -0.05) is 23.7 Å². The molecule has 1 aromatic carbocycles. The fourth-order valence-electron chi connectivity index (χ4n) is 2.85. The van der Waals surface area contributed by atoms with Gasteiger partial charge in [-0.2, -0.15) is 0 Å². The van der Waals surface area contributed by atoms with Crippen LogP contribution >= 0.6 is 11.6 Å². The highest BCUT2D eigenvalue weighted by Gasteiger charge is 2.57. The van der Waals surface area contributed by atoms with Gasteiger partial charge in [0.1, 0.15) is 18.4 Å². The molecule has 0 radical (unpaired) electrons. The second kappa shape index (κ2) is 7.52. The number of carbonyl (C=O) groups excluding carboxylic acids is 1. The summed E-state index contributed by atoms with van der Waals surface area (Å²) in [5.41, 5.74) is 6.02. The molecule has 10 nitrogen and oxygen atoms in total. The molecule has 5 atom stereocenters. The van der Waals surface area contributed by atoms with Crippen molar-refractivity contribution in [3.63, 3.8) is 0 Å². The Balaban J connectivity index is 1.80. The molecule has 3 rings (SSSR count). The summed E-state index contributed by atoms with van der Waals surface area (Å²) in [6.45, 7) is 0.140. The first-order valence-corrected chi connectivity index (χ1v) is 8.38. The Hall–Kier alpha value is -2.05. The van der Waals surface area contributed by atoms with Gasteiger partial charge in [-0.15, -0.1) is 0 Å². The summed E-state index contributed by atoms with van der Waals surface area (Å²) in [7, 11) is 0. The molecule has 1 saturated heterocycles. The molecule has 0 aliphatic carbocycles. The summed E-state index contributed by atoms with van der Waals surface area (Å²) in [4.78, 5) is 16.3. The van der Waals surface area contributed by atoms with Crippen molar-refractivity contribution in [1.29, 1.82) is 0 Å². The molecule has 27 heavy (non-hydrogen) atoms. The zero-order chi connectivity index (χ0) is 19.8. The molecular weight excluding hydrogens is 380 g/mol. The largest absolute Gasteiger partial charge is 0.387 e. The Labute approximate surface area is 158 Å². The van der Waals surface area contributed by atoms with Gasteiger partial charge in [-0.05, 0) is 17.7 Å². The van der Waals surface area contributed by atoms with Crippen LogP contribution in [0.4, 0.5) is 0 Å². The van der Waals surface area contributed by atoms with Crippen LogP contribution in [-0.2, 0) is 17.2 Å². The van der Waals surface area contributed by atoms with E-state index < -0.39 is 36.4 Å². The lowest BCUT2D eigenvalue weighted by Gasteiger charge is -2.28. The minimum Gasteiger partial charge on any atom is -0.387 e. The lowest BCUT2D eigenvalue weighted by Crippen LogP contribution is -2.47. The average molecular weight is 399 g/mol. The Morgan fingerprint density at radius 2 is 2.22 bits per heavy atom. The first kappa shape index (κ1) is 19.7. The van der Waals surface area contributed by atoms with Crippen LogP contribution < -0.4 is 11.1 Å². The zero-order valence-electron chi connectivity index (χ0n) is 13.9. The molecule has 1 amide bonds. The molecule has 1 fully saturated rings. The molecule has 11 heteroatoms. The number of benzene rings is 1. The molecule has 0 spiro atoms. The van der Waals surface area contributed by atoms with Gasteiger partial charge in [0.05, 0.1) is 0 Å². The van der Waals surface area contributed by atoms with Crippen molar-refractivity contribution in [3.8, 4) is 0 Å². The van der Waals surface area contributed by atoms with Gasteiger partial charge in [0.15, 0.2) is 6.10 Å². The number of hydrogen-bond donors (Lipinski definition) is 6. The standard InChI is InChI=1S/C16H19ClN4O6/c17-9-3-1-2-8(6-9)7-20-15(25)14-19-4-5-21(14)16(26)12(23)10(22)11(27-16)13(18)24/h1-6,10-13,22-24,26H,7,18H2,(H,20,25)/t10-,11+,12-,13?,16-/m1/s1. The number of carbonyl (C=O) groups is 1. The number of aromatic nitrogens is 2. The van der Waals surface area contributed by atoms with Gasteiger partial charge < -0.3 is 36.2 Å². The maximum absolute atomic E-state index is 12.5. The van der Waals surface area contributed by atoms with Crippen molar-refractivity contribution in [3.05, 3.63) is 53.1 Å². The first-order chi connectivity index (χ1) is 12.7. The monoisotopic (exact) mass is 398 g/mol. The van der Waals surface area contributed by atoms with Gasteiger partial charge in [-0.3, -0.25) is 9.36 Å². The van der Waals surface area contributed by atoms with Crippen LogP contribution in [0, 0.1) is 0 Å². The minimum absolute atomic E-state index is 0.140. The fraction of sp³-hybridized carbons (Fsp3) is 0.375. The topological polar surface area (TPSA) is 163 Å². The van der Waals surface area contributed by atoms with Crippen molar-refractivity contribution in [1.82, 2.24) is 14.9 Å². The molecule has 7 N–H and O–H groups in total. The van der Waals surface area contributed by atoms with Crippen molar-refractivity contribution in [2.75, 3.05) is 0 Å². The van der Waals surface area contributed by atoms with Crippen LogP contribution in [-0.4, -0.2) is 60.4 Å². The van der Waals surface area contributed by atoms with Crippen molar-refractivity contribution < 1.29 is 30.0 Å². The Morgan fingerprint density at radius 1 is 1.48 bits per heavy atom.